The molecule has 0 saturated heterocycles. The number of hydrogen-bond donors (Lipinski definition) is 1. The van der Waals surface area contributed by atoms with Crippen LogP contribution < -0.4 is 10.2 Å². The predicted molar refractivity (Wildman–Crippen MR) is 105 cm³/mol. The minimum atomic E-state index is 0.440. The molecule has 0 saturated carbocycles. The van der Waals surface area contributed by atoms with Crippen LogP contribution in [0, 0.1) is 12.8 Å². The second-order valence-electron chi connectivity index (χ2n) is 6.87. The SMILES string of the molecule is CCN(CC)c1ccc2c(c1)C1C=CCC1C(c1ccc(C)s1)N2. The lowest BCUT2D eigenvalue weighted by molar-refractivity contribution is 0.430. The van der Waals surface area contributed by atoms with Crippen molar-refractivity contribution in [3.05, 3.63) is 57.8 Å². The number of rotatable bonds is 4. The van der Waals surface area contributed by atoms with E-state index in [0.717, 1.165) is 13.1 Å². The smallest absolute Gasteiger partial charge is 0.0646 e. The normalized spacial score (nSPS) is 24.4. The van der Waals surface area contributed by atoms with Crippen molar-refractivity contribution >= 4 is 22.7 Å². The Morgan fingerprint density at radius 1 is 1.17 bits per heavy atom. The summed E-state index contributed by atoms with van der Waals surface area (Å²) >= 11 is 1.93. The van der Waals surface area contributed by atoms with Crippen LogP contribution in [0.25, 0.3) is 0 Å². The molecule has 0 fully saturated rings. The zero-order valence-electron chi connectivity index (χ0n) is 14.8. The van der Waals surface area contributed by atoms with Crippen LogP contribution in [0.1, 0.15) is 47.5 Å². The molecule has 0 amide bonds. The molecule has 1 N–H and O–H groups in total. The molecule has 2 aliphatic rings. The van der Waals surface area contributed by atoms with Crippen LogP contribution >= 0.6 is 11.3 Å². The molecule has 24 heavy (non-hydrogen) atoms. The molecule has 4 rings (SSSR count). The van der Waals surface area contributed by atoms with E-state index in [-0.39, 0.29) is 0 Å². The van der Waals surface area contributed by atoms with E-state index in [1.54, 1.807) is 0 Å². The van der Waals surface area contributed by atoms with Crippen molar-refractivity contribution in [2.24, 2.45) is 5.92 Å². The quantitative estimate of drug-likeness (QED) is 0.716. The first-order chi connectivity index (χ1) is 11.7. The van der Waals surface area contributed by atoms with Gasteiger partial charge in [0, 0.05) is 40.1 Å². The Hall–Kier alpha value is -1.74. The Balaban J connectivity index is 1.73. The number of nitrogens with one attached hydrogen (secondary N) is 1. The number of thiophene rings is 1. The van der Waals surface area contributed by atoms with Crippen molar-refractivity contribution in [3.8, 4) is 0 Å². The van der Waals surface area contributed by atoms with Gasteiger partial charge in [0.25, 0.3) is 0 Å². The van der Waals surface area contributed by atoms with E-state index in [4.69, 9.17) is 0 Å². The highest BCUT2D eigenvalue weighted by molar-refractivity contribution is 7.12. The second kappa shape index (κ2) is 6.29. The zero-order valence-corrected chi connectivity index (χ0v) is 15.6. The minimum Gasteiger partial charge on any atom is -0.377 e. The fourth-order valence-electron chi connectivity index (χ4n) is 4.27. The number of fused-ring (bicyclic) bond motifs is 3. The van der Waals surface area contributed by atoms with Crippen molar-refractivity contribution in [1.29, 1.82) is 0 Å². The van der Waals surface area contributed by atoms with Gasteiger partial charge in [-0.15, -0.1) is 11.3 Å². The van der Waals surface area contributed by atoms with E-state index >= 15 is 0 Å². The van der Waals surface area contributed by atoms with Gasteiger partial charge in [-0.2, -0.15) is 0 Å². The number of nitrogens with zero attached hydrogens (tertiary/aromatic N) is 1. The third-order valence-electron chi connectivity index (χ3n) is 5.54. The summed E-state index contributed by atoms with van der Waals surface area (Å²) in [6.45, 7) is 8.78. The molecule has 0 radical (unpaired) electrons. The molecule has 2 heterocycles. The molecule has 3 atom stereocenters. The molecule has 0 bridgehead atoms. The summed E-state index contributed by atoms with van der Waals surface area (Å²) in [7, 11) is 0. The largest absolute Gasteiger partial charge is 0.377 e. The fourth-order valence-corrected chi connectivity index (χ4v) is 5.27. The molecule has 2 aromatic rings. The van der Waals surface area contributed by atoms with Gasteiger partial charge in [0.1, 0.15) is 0 Å². The van der Waals surface area contributed by atoms with Crippen LogP contribution in [0.15, 0.2) is 42.5 Å². The highest BCUT2D eigenvalue weighted by atomic mass is 32.1. The van der Waals surface area contributed by atoms with Crippen molar-refractivity contribution in [2.45, 2.75) is 39.2 Å². The monoisotopic (exact) mass is 338 g/mol. The Morgan fingerprint density at radius 2 is 2.00 bits per heavy atom. The zero-order chi connectivity index (χ0) is 16.7. The number of hydrogen-bond acceptors (Lipinski definition) is 3. The maximum Gasteiger partial charge on any atom is 0.0646 e. The van der Waals surface area contributed by atoms with E-state index in [0.29, 0.717) is 17.9 Å². The molecule has 1 aliphatic carbocycles. The van der Waals surface area contributed by atoms with Crippen LogP contribution in [0.3, 0.4) is 0 Å². The standard InChI is InChI=1S/C21H26N2S/c1-4-23(5-2)15-10-11-19-18(13-15)16-7-6-8-17(16)21(22-19)20-12-9-14(3)24-20/h6-7,9-13,16-17,21-22H,4-5,8H2,1-3H3. The lowest BCUT2D eigenvalue weighted by Crippen LogP contribution is -2.29. The minimum absolute atomic E-state index is 0.440. The van der Waals surface area contributed by atoms with E-state index in [2.05, 4.69) is 73.5 Å². The van der Waals surface area contributed by atoms with Gasteiger partial charge in [0.05, 0.1) is 6.04 Å². The topological polar surface area (TPSA) is 15.3 Å². The summed E-state index contributed by atoms with van der Waals surface area (Å²) < 4.78 is 0. The predicted octanol–water partition coefficient (Wildman–Crippen LogP) is 5.73. The molecule has 3 heteroatoms. The first-order valence-corrected chi connectivity index (χ1v) is 9.91. The second-order valence-corrected chi connectivity index (χ2v) is 8.19. The first-order valence-electron chi connectivity index (χ1n) is 9.09. The van der Waals surface area contributed by atoms with Gasteiger partial charge < -0.3 is 10.2 Å². The number of aryl methyl sites for hydroxylation is 1. The Bertz CT molecular complexity index is 757. The maximum atomic E-state index is 3.85. The molecule has 1 aliphatic heterocycles. The number of allylic oxidation sites excluding steroid dienone is 2. The van der Waals surface area contributed by atoms with Crippen LogP contribution in [-0.4, -0.2) is 13.1 Å². The molecule has 126 valence electrons. The third kappa shape index (κ3) is 2.55. The van der Waals surface area contributed by atoms with Crippen molar-refractivity contribution in [2.75, 3.05) is 23.3 Å². The van der Waals surface area contributed by atoms with Gasteiger partial charge in [-0.1, -0.05) is 12.2 Å². The highest BCUT2D eigenvalue weighted by Crippen LogP contribution is 2.51. The first kappa shape index (κ1) is 15.8. The number of benzene rings is 1. The van der Waals surface area contributed by atoms with Gasteiger partial charge in [-0.3, -0.25) is 0 Å². The van der Waals surface area contributed by atoms with E-state index < -0.39 is 0 Å². The summed E-state index contributed by atoms with van der Waals surface area (Å²) in [5.74, 6) is 1.19. The van der Waals surface area contributed by atoms with Crippen LogP contribution in [-0.2, 0) is 0 Å². The Kier molecular flexibility index (Phi) is 4.13. The Morgan fingerprint density at radius 3 is 2.71 bits per heavy atom. The van der Waals surface area contributed by atoms with Crippen LogP contribution in [0.5, 0.6) is 0 Å². The van der Waals surface area contributed by atoms with Crippen LogP contribution in [0.2, 0.25) is 0 Å². The third-order valence-corrected chi connectivity index (χ3v) is 6.63. The van der Waals surface area contributed by atoms with E-state index in [1.807, 2.05) is 11.3 Å². The van der Waals surface area contributed by atoms with Crippen molar-refractivity contribution in [3.63, 3.8) is 0 Å². The maximum absolute atomic E-state index is 3.85. The molecule has 0 spiro atoms. The average Bonchev–Trinajstić information content (AvgIpc) is 3.24. The number of anilines is 2. The fraction of sp³-hybridized carbons (Fsp3) is 0.429. The van der Waals surface area contributed by atoms with E-state index in [1.165, 1.54) is 33.1 Å². The molecule has 1 aromatic heterocycles. The van der Waals surface area contributed by atoms with Crippen molar-refractivity contribution < 1.29 is 0 Å². The lowest BCUT2D eigenvalue weighted by Gasteiger charge is -2.37. The molecular weight excluding hydrogens is 312 g/mol. The summed E-state index contributed by atoms with van der Waals surface area (Å²) in [4.78, 5) is 5.31. The summed E-state index contributed by atoms with van der Waals surface area (Å²) in [6.07, 6.45) is 5.99. The summed E-state index contributed by atoms with van der Waals surface area (Å²) in [5.41, 5.74) is 4.14. The summed E-state index contributed by atoms with van der Waals surface area (Å²) in [5, 5.41) is 3.85. The molecule has 1 aromatic carbocycles. The molecule has 2 nitrogen and oxygen atoms in total. The van der Waals surface area contributed by atoms with E-state index in [9.17, 15) is 0 Å². The van der Waals surface area contributed by atoms with Gasteiger partial charge in [-0.25, -0.2) is 0 Å². The van der Waals surface area contributed by atoms with Gasteiger partial charge in [0.2, 0.25) is 0 Å². The average molecular weight is 339 g/mol. The van der Waals surface area contributed by atoms with Crippen molar-refractivity contribution in [1.82, 2.24) is 0 Å². The molecular formula is C21H26N2S. The lowest BCUT2D eigenvalue weighted by atomic mass is 9.78. The van der Waals surface area contributed by atoms with Gasteiger partial charge in [-0.05, 0) is 69.0 Å². The van der Waals surface area contributed by atoms with Crippen LogP contribution in [0.4, 0.5) is 11.4 Å². The molecule has 3 unspecified atom stereocenters. The highest BCUT2D eigenvalue weighted by Gasteiger charge is 2.38. The van der Waals surface area contributed by atoms with Gasteiger partial charge in [0.15, 0.2) is 0 Å². The summed E-state index contributed by atoms with van der Waals surface area (Å²) in [6, 6.07) is 12.0. The van der Waals surface area contributed by atoms with Gasteiger partial charge >= 0.3 is 0 Å². The Labute approximate surface area is 149 Å².